The predicted molar refractivity (Wildman–Crippen MR) is 62.6 cm³/mol. The molecule has 1 saturated carbocycles. The van der Waals surface area contributed by atoms with Crippen LogP contribution in [0.5, 0.6) is 0 Å². The topological polar surface area (TPSA) is 41.1 Å². The van der Waals surface area contributed by atoms with Gasteiger partial charge in [0.25, 0.3) is 0 Å². The van der Waals surface area contributed by atoms with Gasteiger partial charge in [-0.15, -0.1) is 0 Å². The molecule has 1 aliphatic rings. The van der Waals surface area contributed by atoms with Gasteiger partial charge in [-0.25, -0.2) is 0 Å². The Bertz CT molecular complexity index is 208. The summed E-state index contributed by atoms with van der Waals surface area (Å²) in [4.78, 5) is 11.7. The van der Waals surface area contributed by atoms with E-state index >= 15 is 0 Å². The van der Waals surface area contributed by atoms with Gasteiger partial charge >= 0.3 is 0 Å². The number of carbonyl (C=O) groups excluding carboxylic acids is 1. The van der Waals surface area contributed by atoms with Crippen LogP contribution in [0.2, 0.25) is 0 Å². The second-order valence-electron chi connectivity index (χ2n) is 5.13. The minimum atomic E-state index is -0.0856. The summed E-state index contributed by atoms with van der Waals surface area (Å²) in [6.45, 7) is 6.44. The second-order valence-corrected chi connectivity index (χ2v) is 5.13. The Balaban J connectivity index is 2.40. The predicted octanol–water partition coefficient (Wildman–Crippen LogP) is 1.54. The normalized spacial score (nSPS) is 33.5. The zero-order chi connectivity index (χ0) is 11.4. The third-order valence-corrected chi connectivity index (χ3v) is 3.35. The molecule has 0 aromatic rings. The molecule has 2 N–H and O–H groups in total. The minimum Gasteiger partial charge on any atom is -0.352 e. The first-order valence-electron chi connectivity index (χ1n) is 6.00. The molecule has 0 aromatic carbocycles. The number of rotatable bonds is 3. The zero-order valence-electron chi connectivity index (χ0n) is 10.3. The van der Waals surface area contributed by atoms with Gasteiger partial charge < -0.3 is 10.6 Å². The van der Waals surface area contributed by atoms with Gasteiger partial charge in [-0.3, -0.25) is 4.79 Å². The van der Waals surface area contributed by atoms with Crippen molar-refractivity contribution in [3.8, 4) is 0 Å². The number of nitrogens with one attached hydrogen (secondary N) is 2. The summed E-state index contributed by atoms with van der Waals surface area (Å²) in [7, 11) is 1.82. The van der Waals surface area contributed by atoms with Crippen LogP contribution in [-0.4, -0.2) is 25.0 Å². The maximum absolute atomic E-state index is 11.7. The van der Waals surface area contributed by atoms with Crippen LogP contribution in [0.1, 0.15) is 40.0 Å². The van der Waals surface area contributed by atoms with Crippen molar-refractivity contribution in [3.05, 3.63) is 0 Å². The van der Waals surface area contributed by atoms with Crippen LogP contribution in [-0.2, 0) is 4.79 Å². The molecule has 1 fully saturated rings. The molecule has 1 rings (SSSR count). The third-order valence-electron chi connectivity index (χ3n) is 3.35. The van der Waals surface area contributed by atoms with Crippen LogP contribution < -0.4 is 10.6 Å². The number of carbonyl (C=O) groups is 1. The van der Waals surface area contributed by atoms with Crippen LogP contribution in [0.15, 0.2) is 0 Å². The zero-order valence-corrected chi connectivity index (χ0v) is 10.3. The van der Waals surface area contributed by atoms with E-state index in [2.05, 4.69) is 24.5 Å². The van der Waals surface area contributed by atoms with E-state index in [0.717, 1.165) is 24.7 Å². The van der Waals surface area contributed by atoms with Crippen LogP contribution in [0.4, 0.5) is 0 Å². The monoisotopic (exact) mass is 212 g/mol. The van der Waals surface area contributed by atoms with Gasteiger partial charge in [-0.05, 0) is 45.1 Å². The van der Waals surface area contributed by atoms with Gasteiger partial charge in [-0.1, -0.05) is 13.8 Å². The minimum absolute atomic E-state index is 0.0856. The quantitative estimate of drug-likeness (QED) is 0.745. The highest BCUT2D eigenvalue weighted by Crippen LogP contribution is 2.28. The van der Waals surface area contributed by atoms with Crippen molar-refractivity contribution in [1.29, 1.82) is 0 Å². The fourth-order valence-corrected chi connectivity index (χ4v) is 2.52. The van der Waals surface area contributed by atoms with Crippen molar-refractivity contribution in [3.63, 3.8) is 0 Å². The molecule has 15 heavy (non-hydrogen) atoms. The Morgan fingerprint density at radius 2 is 1.73 bits per heavy atom. The standard InChI is InChI=1S/C12H24N2O/c1-8-5-9(2)7-11(6-8)14-12(15)10(3)13-4/h8-11,13H,5-7H2,1-4H3,(H,14,15). The lowest BCUT2D eigenvalue weighted by Crippen LogP contribution is -2.47. The number of amides is 1. The number of likely N-dealkylation sites (N-methyl/N-ethyl adjacent to an activating group) is 1. The summed E-state index contributed by atoms with van der Waals surface area (Å²) >= 11 is 0. The van der Waals surface area contributed by atoms with E-state index in [1.54, 1.807) is 0 Å². The molecule has 0 aromatic heterocycles. The maximum Gasteiger partial charge on any atom is 0.237 e. The van der Waals surface area contributed by atoms with Crippen molar-refractivity contribution in [2.75, 3.05) is 7.05 Å². The van der Waals surface area contributed by atoms with Crippen molar-refractivity contribution >= 4 is 5.91 Å². The number of hydrogen-bond acceptors (Lipinski definition) is 2. The highest BCUT2D eigenvalue weighted by atomic mass is 16.2. The summed E-state index contributed by atoms with van der Waals surface area (Å²) in [6.07, 6.45) is 3.56. The summed E-state index contributed by atoms with van der Waals surface area (Å²) in [5.74, 6) is 1.61. The molecule has 0 aliphatic heterocycles. The fourth-order valence-electron chi connectivity index (χ4n) is 2.52. The molecule has 0 saturated heterocycles. The molecule has 3 nitrogen and oxygen atoms in total. The molecule has 0 heterocycles. The van der Waals surface area contributed by atoms with Crippen LogP contribution in [0.3, 0.4) is 0 Å². The highest BCUT2D eigenvalue weighted by molar-refractivity contribution is 5.81. The van der Waals surface area contributed by atoms with Gasteiger partial charge in [0.05, 0.1) is 6.04 Å². The lowest BCUT2D eigenvalue weighted by molar-refractivity contribution is -0.123. The molecule has 3 atom stereocenters. The molecule has 3 unspecified atom stereocenters. The van der Waals surface area contributed by atoms with E-state index in [1.165, 1.54) is 6.42 Å². The van der Waals surface area contributed by atoms with Crippen LogP contribution in [0.25, 0.3) is 0 Å². The first kappa shape index (κ1) is 12.5. The van der Waals surface area contributed by atoms with Crippen molar-refractivity contribution < 1.29 is 4.79 Å². The SMILES string of the molecule is CNC(C)C(=O)NC1CC(C)CC(C)C1. The van der Waals surface area contributed by atoms with E-state index in [0.29, 0.717) is 6.04 Å². The summed E-state index contributed by atoms with van der Waals surface area (Å²) in [5, 5.41) is 6.09. The molecule has 0 radical (unpaired) electrons. The van der Waals surface area contributed by atoms with Crippen molar-refractivity contribution in [2.24, 2.45) is 11.8 Å². The molecule has 1 aliphatic carbocycles. The number of hydrogen-bond donors (Lipinski definition) is 2. The van der Waals surface area contributed by atoms with Gasteiger partial charge in [0.15, 0.2) is 0 Å². The van der Waals surface area contributed by atoms with E-state index in [9.17, 15) is 4.79 Å². The summed E-state index contributed by atoms with van der Waals surface area (Å²) < 4.78 is 0. The molecular formula is C12H24N2O. The fraction of sp³-hybridized carbons (Fsp3) is 0.917. The highest BCUT2D eigenvalue weighted by Gasteiger charge is 2.25. The molecule has 88 valence electrons. The average molecular weight is 212 g/mol. The lowest BCUT2D eigenvalue weighted by atomic mass is 9.80. The van der Waals surface area contributed by atoms with Gasteiger partial charge in [0, 0.05) is 6.04 Å². The van der Waals surface area contributed by atoms with E-state index in [1.807, 2.05) is 14.0 Å². The van der Waals surface area contributed by atoms with Crippen molar-refractivity contribution in [1.82, 2.24) is 10.6 Å². The Morgan fingerprint density at radius 3 is 2.20 bits per heavy atom. The average Bonchev–Trinajstić information content (AvgIpc) is 2.14. The summed E-state index contributed by atoms with van der Waals surface area (Å²) in [6, 6.07) is 0.296. The molecular weight excluding hydrogens is 188 g/mol. The van der Waals surface area contributed by atoms with Gasteiger partial charge in [-0.2, -0.15) is 0 Å². The van der Waals surface area contributed by atoms with E-state index < -0.39 is 0 Å². The van der Waals surface area contributed by atoms with Crippen molar-refractivity contribution in [2.45, 2.75) is 52.1 Å². The lowest BCUT2D eigenvalue weighted by Gasteiger charge is -2.32. The summed E-state index contributed by atoms with van der Waals surface area (Å²) in [5.41, 5.74) is 0. The first-order chi connectivity index (χ1) is 7.02. The van der Waals surface area contributed by atoms with Crippen LogP contribution in [0, 0.1) is 11.8 Å². The molecule has 1 amide bonds. The Morgan fingerprint density at radius 1 is 1.20 bits per heavy atom. The van der Waals surface area contributed by atoms with Gasteiger partial charge in [0.2, 0.25) is 5.91 Å². The van der Waals surface area contributed by atoms with Crippen LogP contribution >= 0.6 is 0 Å². The second kappa shape index (κ2) is 5.50. The largest absolute Gasteiger partial charge is 0.352 e. The first-order valence-corrected chi connectivity index (χ1v) is 6.00. The third kappa shape index (κ3) is 3.82. The van der Waals surface area contributed by atoms with E-state index in [4.69, 9.17) is 0 Å². The Kier molecular flexibility index (Phi) is 4.58. The molecule has 0 spiro atoms. The van der Waals surface area contributed by atoms with E-state index in [-0.39, 0.29) is 11.9 Å². The molecule has 0 bridgehead atoms. The maximum atomic E-state index is 11.7. The Hall–Kier alpha value is -0.570. The smallest absolute Gasteiger partial charge is 0.237 e. The Labute approximate surface area is 93.0 Å². The molecule has 3 heteroatoms. The van der Waals surface area contributed by atoms with Gasteiger partial charge in [0.1, 0.15) is 0 Å².